The molecule has 0 nitrogen and oxygen atoms in total. The summed E-state index contributed by atoms with van der Waals surface area (Å²) in [6, 6.07) is 0. The average molecular weight is 260 g/mol. The molecule has 0 spiro atoms. The summed E-state index contributed by atoms with van der Waals surface area (Å²) in [7, 11) is 0. The second kappa shape index (κ2) is 10.9. The molecule has 0 aromatic carbocycles. The fourth-order valence-corrected chi connectivity index (χ4v) is 2.26. The molecule has 0 N–H and O–H groups in total. The summed E-state index contributed by atoms with van der Waals surface area (Å²) in [6.07, 6.45) is 17.8. The summed E-state index contributed by atoms with van der Waals surface area (Å²) in [4.78, 5) is 2.48. The van der Waals surface area contributed by atoms with Crippen LogP contribution >= 0.6 is 11.8 Å². The van der Waals surface area contributed by atoms with Gasteiger partial charge >= 0.3 is 0 Å². The van der Waals surface area contributed by atoms with E-state index in [0.29, 0.717) is 0 Å². The minimum absolute atomic E-state index is 1.05. The quantitative estimate of drug-likeness (QED) is 0.544. The normalized spacial score (nSPS) is 15.4. The highest BCUT2D eigenvalue weighted by Gasteiger charge is 1.99. The van der Waals surface area contributed by atoms with Crippen LogP contribution in [0.25, 0.3) is 0 Å². The van der Waals surface area contributed by atoms with Gasteiger partial charge in [-0.3, -0.25) is 0 Å². The van der Waals surface area contributed by atoms with Gasteiger partial charge in [-0.1, -0.05) is 74.2 Å². The van der Waals surface area contributed by atoms with Crippen LogP contribution in [0, 0.1) is 0 Å². The lowest BCUT2D eigenvalue weighted by molar-refractivity contribution is 1.22. The van der Waals surface area contributed by atoms with Crippen LogP contribution in [-0.4, -0.2) is 0 Å². The molecular weight excluding hydrogens is 236 g/mol. The summed E-state index contributed by atoms with van der Waals surface area (Å²) < 4.78 is 0. The van der Waals surface area contributed by atoms with Crippen LogP contribution in [-0.2, 0) is 0 Å². The third-order valence-corrected chi connectivity index (χ3v) is 3.12. The number of hydrogen-bond donors (Lipinski definition) is 0. The van der Waals surface area contributed by atoms with E-state index in [0.717, 1.165) is 6.42 Å². The molecule has 0 saturated carbocycles. The van der Waals surface area contributed by atoms with E-state index in [2.05, 4.69) is 43.9 Å². The van der Waals surface area contributed by atoms with E-state index in [-0.39, 0.29) is 0 Å². The monoisotopic (exact) mass is 260 g/mol. The Morgan fingerprint density at radius 1 is 1.33 bits per heavy atom. The fraction of sp³-hybridized carbons (Fsp3) is 0.294. The van der Waals surface area contributed by atoms with Gasteiger partial charge < -0.3 is 0 Å². The van der Waals surface area contributed by atoms with E-state index in [1.807, 2.05) is 39.0 Å². The number of thioether (sulfide) groups is 1. The number of allylic oxidation sites excluding steroid dienone is 9. The fourth-order valence-electron chi connectivity index (χ4n) is 1.32. The van der Waals surface area contributed by atoms with Crippen molar-refractivity contribution in [2.75, 3.05) is 0 Å². The Morgan fingerprint density at radius 2 is 2.06 bits per heavy atom. The van der Waals surface area contributed by atoms with Crippen molar-refractivity contribution in [1.82, 2.24) is 0 Å². The topological polar surface area (TPSA) is 0 Å². The van der Waals surface area contributed by atoms with Crippen molar-refractivity contribution < 1.29 is 0 Å². The zero-order valence-electron chi connectivity index (χ0n) is 11.9. The van der Waals surface area contributed by atoms with Crippen molar-refractivity contribution in [2.45, 2.75) is 34.1 Å². The molecule has 18 heavy (non-hydrogen) atoms. The maximum atomic E-state index is 3.73. The van der Waals surface area contributed by atoms with Gasteiger partial charge in [0.1, 0.15) is 0 Å². The van der Waals surface area contributed by atoms with Crippen LogP contribution < -0.4 is 0 Å². The second-order valence-electron chi connectivity index (χ2n) is 3.60. The summed E-state index contributed by atoms with van der Waals surface area (Å²) in [5, 5.41) is 0. The zero-order chi connectivity index (χ0) is 13.8. The Balaban J connectivity index is 0.00000137. The minimum Gasteiger partial charge on any atom is -0.0990 e. The van der Waals surface area contributed by atoms with Crippen molar-refractivity contribution in [1.29, 1.82) is 0 Å². The lowest BCUT2D eigenvalue weighted by Crippen LogP contribution is -1.73. The molecule has 0 atom stereocenters. The molecule has 0 aliphatic heterocycles. The van der Waals surface area contributed by atoms with Crippen LogP contribution in [0.2, 0.25) is 0 Å². The summed E-state index contributed by atoms with van der Waals surface area (Å²) in [6.45, 7) is 11.9. The molecule has 0 aromatic rings. The lowest BCUT2D eigenvalue weighted by Gasteiger charge is -2.01. The molecule has 0 heterocycles. The second-order valence-corrected chi connectivity index (χ2v) is 4.74. The molecule has 1 heteroatoms. The average Bonchev–Trinajstić information content (AvgIpc) is 2.58. The molecule has 0 aromatic heterocycles. The maximum Gasteiger partial charge on any atom is 0.0119 e. The first-order valence-corrected chi connectivity index (χ1v) is 7.25. The molecular formula is C17H24S. The predicted molar refractivity (Wildman–Crippen MR) is 87.6 cm³/mol. The van der Waals surface area contributed by atoms with E-state index < -0.39 is 0 Å². The van der Waals surface area contributed by atoms with Crippen molar-refractivity contribution in [3.63, 3.8) is 0 Å². The first-order valence-electron chi connectivity index (χ1n) is 6.43. The van der Waals surface area contributed by atoms with Gasteiger partial charge in [0.2, 0.25) is 0 Å². The first-order chi connectivity index (χ1) is 8.76. The van der Waals surface area contributed by atoms with Crippen LogP contribution in [0.5, 0.6) is 0 Å². The molecule has 0 fully saturated rings. The number of hydrogen-bond acceptors (Lipinski definition) is 1. The summed E-state index contributed by atoms with van der Waals surface area (Å²) in [5.41, 5.74) is 1.40. The van der Waals surface area contributed by atoms with Gasteiger partial charge in [-0.15, -0.1) is 0 Å². The third-order valence-electron chi connectivity index (χ3n) is 2.10. The van der Waals surface area contributed by atoms with Crippen molar-refractivity contribution >= 4 is 11.8 Å². The van der Waals surface area contributed by atoms with Gasteiger partial charge in [-0.25, -0.2) is 0 Å². The van der Waals surface area contributed by atoms with Gasteiger partial charge in [0.25, 0.3) is 0 Å². The van der Waals surface area contributed by atoms with E-state index in [9.17, 15) is 0 Å². The van der Waals surface area contributed by atoms with Gasteiger partial charge in [0.15, 0.2) is 0 Å². The molecule has 0 amide bonds. The SMILES string of the molecule is C=C/C=C(\C=C/C)SC1=CC=C(C)CC=C1.CC. The van der Waals surface area contributed by atoms with Gasteiger partial charge in [-0.2, -0.15) is 0 Å². The molecule has 98 valence electrons. The largest absolute Gasteiger partial charge is 0.0990 e. The highest BCUT2D eigenvalue weighted by molar-refractivity contribution is 8.07. The van der Waals surface area contributed by atoms with E-state index in [1.54, 1.807) is 11.8 Å². The predicted octanol–water partition coefficient (Wildman–Crippen LogP) is 6.18. The first kappa shape index (κ1) is 16.8. The van der Waals surface area contributed by atoms with Crippen molar-refractivity contribution in [2.24, 2.45) is 0 Å². The highest BCUT2D eigenvalue weighted by atomic mass is 32.2. The zero-order valence-corrected chi connectivity index (χ0v) is 12.8. The van der Waals surface area contributed by atoms with E-state index >= 15 is 0 Å². The third kappa shape index (κ3) is 7.18. The Labute approximate surface area is 117 Å². The van der Waals surface area contributed by atoms with E-state index in [1.165, 1.54) is 15.4 Å². The Hall–Kier alpha value is -1.21. The Morgan fingerprint density at radius 3 is 2.67 bits per heavy atom. The smallest absolute Gasteiger partial charge is 0.0119 e. The standard InChI is InChI=1S/C15H18S.C2H6/c1-4-7-14(8-5-2)16-15-10-6-9-13(3)11-12-15;1-2/h4-8,10-12H,1,9H2,2-3H3;1-2H3/b8-5-,14-7+;. The minimum atomic E-state index is 1.05. The molecule has 0 radical (unpaired) electrons. The Bertz CT molecular complexity index is 390. The maximum absolute atomic E-state index is 3.73. The molecule has 1 rings (SSSR count). The molecule has 1 aliphatic rings. The summed E-state index contributed by atoms with van der Waals surface area (Å²) >= 11 is 1.76. The van der Waals surface area contributed by atoms with Crippen molar-refractivity contribution in [3.05, 3.63) is 70.6 Å². The molecule has 1 aliphatic carbocycles. The number of rotatable bonds is 4. The van der Waals surface area contributed by atoms with Gasteiger partial charge in [-0.05, 0) is 32.4 Å². The molecule has 0 bridgehead atoms. The lowest BCUT2D eigenvalue weighted by atomic mass is 10.2. The van der Waals surface area contributed by atoms with Crippen LogP contribution in [0.15, 0.2) is 70.6 Å². The highest BCUT2D eigenvalue weighted by Crippen LogP contribution is 2.29. The summed E-state index contributed by atoms with van der Waals surface area (Å²) in [5.74, 6) is 0. The van der Waals surface area contributed by atoms with E-state index in [4.69, 9.17) is 0 Å². The van der Waals surface area contributed by atoms with Crippen molar-refractivity contribution in [3.8, 4) is 0 Å². The van der Waals surface area contributed by atoms with Gasteiger partial charge in [0, 0.05) is 9.81 Å². The van der Waals surface area contributed by atoms with Crippen LogP contribution in [0.3, 0.4) is 0 Å². The molecule has 0 saturated heterocycles. The van der Waals surface area contributed by atoms with Crippen LogP contribution in [0.4, 0.5) is 0 Å². The molecule has 0 unspecified atom stereocenters. The van der Waals surface area contributed by atoms with Crippen LogP contribution in [0.1, 0.15) is 34.1 Å². The van der Waals surface area contributed by atoms with Gasteiger partial charge in [0.05, 0.1) is 0 Å². The Kier molecular flexibility index (Phi) is 10.2.